The molecule has 2 aromatic rings. The summed E-state index contributed by atoms with van der Waals surface area (Å²) in [6, 6.07) is 5.26. The van der Waals surface area contributed by atoms with Crippen molar-refractivity contribution in [3.05, 3.63) is 42.4 Å². The van der Waals surface area contributed by atoms with Crippen molar-refractivity contribution in [1.82, 2.24) is 25.4 Å². The third-order valence-corrected chi connectivity index (χ3v) is 3.16. The average Bonchev–Trinajstić information content (AvgIpc) is 2.91. The molecule has 0 atom stereocenters. The summed E-state index contributed by atoms with van der Waals surface area (Å²) >= 11 is 0. The highest BCUT2D eigenvalue weighted by Crippen LogP contribution is 2.07. The van der Waals surface area contributed by atoms with Crippen molar-refractivity contribution < 1.29 is 4.79 Å². The number of hydrogen-bond acceptors (Lipinski definition) is 4. The van der Waals surface area contributed by atoms with Crippen molar-refractivity contribution >= 4 is 5.91 Å². The van der Waals surface area contributed by atoms with E-state index in [4.69, 9.17) is 0 Å². The first-order valence-electron chi connectivity index (χ1n) is 6.28. The molecular weight excluding hydrogens is 242 g/mol. The predicted molar refractivity (Wildman–Crippen MR) is 70.1 cm³/mol. The number of rotatable bonds is 4. The highest BCUT2D eigenvalue weighted by Gasteiger charge is 2.17. The zero-order valence-corrected chi connectivity index (χ0v) is 10.4. The van der Waals surface area contributed by atoms with Crippen LogP contribution in [0, 0.1) is 5.92 Å². The Morgan fingerprint density at radius 2 is 2.37 bits per heavy atom. The molecule has 0 aliphatic carbocycles. The summed E-state index contributed by atoms with van der Waals surface area (Å²) < 4.78 is 1.63. The second-order valence-corrected chi connectivity index (χ2v) is 4.59. The Bertz CT molecular complexity index is 562. The number of nitrogens with one attached hydrogen (secondary N) is 2. The van der Waals surface area contributed by atoms with Crippen LogP contribution in [0.5, 0.6) is 0 Å². The summed E-state index contributed by atoms with van der Waals surface area (Å²) in [5.74, 6) is 1.13. The molecule has 0 spiro atoms. The average molecular weight is 257 g/mol. The number of carbonyl (C=O) groups excluding carboxylic acids is 1. The van der Waals surface area contributed by atoms with Gasteiger partial charge in [-0.1, -0.05) is 0 Å². The zero-order valence-electron chi connectivity index (χ0n) is 10.4. The lowest BCUT2D eigenvalue weighted by Crippen LogP contribution is -2.48. The Morgan fingerprint density at radius 3 is 3.05 bits per heavy atom. The minimum Gasteiger partial charge on any atom is -0.352 e. The van der Waals surface area contributed by atoms with E-state index in [1.54, 1.807) is 35.4 Å². The molecule has 0 saturated carbocycles. The SMILES string of the molecule is O=C(NCC1CNC1)c1ccnc(-n2cccn2)c1. The van der Waals surface area contributed by atoms with Crippen LogP contribution in [0.15, 0.2) is 36.8 Å². The molecule has 2 aromatic heterocycles. The molecule has 3 heterocycles. The molecule has 6 nitrogen and oxygen atoms in total. The summed E-state index contributed by atoms with van der Waals surface area (Å²) in [6.45, 7) is 2.68. The summed E-state index contributed by atoms with van der Waals surface area (Å²) in [7, 11) is 0. The first-order chi connectivity index (χ1) is 9.33. The topological polar surface area (TPSA) is 71.8 Å². The molecule has 1 aliphatic rings. The van der Waals surface area contributed by atoms with Gasteiger partial charge < -0.3 is 10.6 Å². The molecule has 3 rings (SSSR count). The van der Waals surface area contributed by atoms with Gasteiger partial charge in [0.25, 0.3) is 5.91 Å². The van der Waals surface area contributed by atoms with Crippen LogP contribution in [0.2, 0.25) is 0 Å². The Labute approximate surface area is 110 Å². The molecule has 0 aromatic carbocycles. The predicted octanol–water partition coefficient (Wildman–Crippen LogP) is 0.216. The Morgan fingerprint density at radius 1 is 1.47 bits per heavy atom. The maximum Gasteiger partial charge on any atom is 0.251 e. The first-order valence-corrected chi connectivity index (χ1v) is 6.28. The summed E-state index contributed by atoms with van der Waals surface area (Å²) in [5.41, 5.74) is 0.604. The Kier molecular flexibility index (Phi) is 3.24. The van der Waals surface area contributed by atoms with Gasteiger partial charge in [-0.2, -0.15) is 5.10 Å². The van der Waals surface area contributed by atoms with Gasteiger partial charge in [-0.3, -0.25) is 4.79 Å². The monoisotopic (exact) mass is 257 g/mol. The van der Waals surface area contributed by atoms with Gasteiger partial charge in [-0.25, -0.2) is 9.67 Å². The zero-order chi connectivity index (χ0) is 13.1. The fourth-order valence-corrected chi connectivity index (χ4v) is 1.92. The second-order valence-electron chi connectivity index (χ2n) is 4.59. The van der Waals surface area contributed by atoms with E-state index < -0.39 is 0 Å². The third-order valence-electron chi connectivity index (χ3n) is 3.16. The molecule has 0 bridgehead atoms. The van der Waals surface area contributed by atoms with Gasteiger partial charge in [-0.05, 0) is 18.2 Å². The normalized spacial score (nSPS) is 14.9. The van der Waals surface area contributed by atoms with Crippen LogP contribution < -0.4 is 10.6 Å². The van der Waals surface area contributed by atoms with Crippen molar-refractivity contribution in [3.63, 3.8) is 0 Å². The molecule has 98 valence electrons. The smallest absolute Gasteiger partial charge is 0.251 e. The van der Waals surface area contributed by atoms with Crippen LogP contribution in [0.1, 0.15) is 10.4 Å². The van der Waals surface area contributed by atoms with Crippen molar-refractivity contribution in [2.45, 2.75) is 0 Å². The highest BCUT2D eigenvalue weighted by molar-refractivity contribution is 5.94. The van der Waals surface area contributed by atoms with E-state index in [-0.39, 0.29) is 5.91 Å². The van der Waals surface area contributed by atoms with Crippen LogP contribution in [0.4, 0.5) is 0 Å². The summed E-state index contributed by atoms with van der Waals surface area (Å²) in [4.78, 5) is 16.2. The number of amides is 1. The number of aromatic nitrogens is 3. The Hall–Kier alpha value is -2.21. The van der Waals surface area contributed by atoms with E-state index in [2.05, 4.69) is 20.7 Å². The number of hydrogen-bond donors (Lipinski definition) is 2. The largest absolute Gasteiger partial charge is 0.352 e. The minimum atomic E-state index is -0.0669. The molecule has 19 heavy (non-hydrogen) atoms. The number of carbonyl (C=O) groups is 1. The lowest BCUT2D eigenvalue weighted by molar-refractivity contribution is 0.0942. The van der Waals surface area contributed by atoms with Crippen LogP contribution in [-0.4, -0.2) is 40.3 Å². The molecule has 0 radical (unpaired) electrons. The van der Waals surface area contributed by atoms with Crippen LogP contribution >= 0.6 is 0 Å². The molecule has 2 N–H and O–H groups in total. The summed E-state index contributed by atoms with van der Waals surface area (Å²) in [5, 5.41) is 10.2. The standard InChI is InChI=1S/C13H15N5O/c19-13(16-9-10-7-14-8-10)11-2-4-15-12(6-11)18-5-1-3-17-18/h1-6,10,14H,7-9H2,(H,16,19). The van der Waals surface area contributed by atoms with Gasteiger partial charge in [0.2, 0.25) is 0 Å². The molecule has 1 fully saturated rings. The quantitative estimate of drug-likeness (QED) is 0.821. The van der Waals surface area contributed by atoms with Gasteiger partial charge in [0.1, 0.15) is 0 Å². The Balaban J connectivity index is 1.69. The minimum absolute atomic E-state index is 0.0669. The number of nitrogens with zero attached hydrogens (tertiary/aromatic N) is 3. The lowest BCUT2D eigenvalue weighted by Gasteiger charge is -2.27. The van der Waals surface area contributed by atoms with Crippen molar-refractivity contribution in [3.8, 4) is 5.82 Å². The lowest BCUT2D eigenvalue weighted by atomic mass is 10.0. The van der Waals surface area contributed by atoms with Crippen molar-refractivity contribution in [2.24, 2.45) is 5.92 Å². The van der Waals surface area contributed by atoms with Gasteiger partial charge in [0, 0.05) is 49.7 Å². The van der Waals surface area contributed by atoms with Crippen molar-refractivity contribution in [1.29, 1.82) is 0 Å². The van der Waals surface area contributed by atoms with E-state index in [0.717, 1.165) is 13.1 Å². The highest BCUT2D eigenvalue weighted by atomic mass is 16.1. The molecule has 6 heteroatoms. The first kappa shape index (κ1) is 11.9. The van der Waals surface area contributed by atoms with Crippen LogP contribution in [0.3, 0.4) is 0 Å². The maximum absolute atomic E-state index is 12.0. The van der Waals surface area contributed by atoms with E-state index in [1.807, 2.05) is 6.07 Å². The van der Waals surface area contributed by atoms with Gasteiger partial charge in [0.15, 0.2) is 5.82 Å². The van der Waals surface area contributed by atoms with E-state index in [0.29, 0.717) is 23.8 Å². The fourth-order valence-electron chi connectivity index (χ4n) is 1.92. The fraction of sp³-hybridized carbons (Fsp3) is 0.308. The van der Waals surface area contributed by atoms with Crippen LogP contribution in [0.25, 0.3) is 5.82 Å². The molecular formula is C13H15N5O. The molecule has 0 unspecified atom stereocenters. The molecule has 1 saturated heterocycles. The van der Waals surface area contributed by atoms with Crippen molar-refractivity contribution in [2.75, 3.05) is 19.6 Å². The van der Waals surface area contributed by atoms with Gasteiger partial charge in [-0.15, -0.1) is 0 Å². The third kappa shape index (κ3) is 2.63. The number of pyridine rings is 1. The molecule has 1 amide bonds. The molecule has 1 aliphatic heterocycles. The maximum atomic E-state index is 12.0. The van der Waals surface area contributed by atoms with E-state index >= 15 is 0 Å². The second kappa shape index (κ2) is 5.19. The van der Waals surface area contributed by atoms with E-state index in [9.17, 15) is 4.79 Å². The van der Waals surface area contributed by atoms with Gasteiger partial charge in [0.05, 0.1) is 0 Å². The van der Waals surface area contributed by atoms with Gasteiger partial charge >= 0.3 is 0 Å². The summed E-state index contributed by atoms with van der Waals surface area (Å²) in [6.07, 6.45) is 5.10. The van der Waals surface area contributed by atoms with E-state index in [1.165, 1.54) is 0 Å². The van der Waals surface area contributed by atoms with Crippen LogP contribution in [-0.2, 0) is 0 Å².